The van der Waals surface area contributed by atoms with Crippen LogP contribution in [0.2, 0.25) is 10.0 Å². The summed E-state index contributed by atoms with van der Waals surface area (Å²) in [6.45, 7) is 6.09. The highest BCUT2D eigenvalue weighted by Gasteiger charge is 2.17. The third-order valence-electron chi connectivity index (χ3n) is 5.43. The smallest absolute Gasteiger partial charge is 0.315 e. The van der Waals surface area contributed by atoms with Crippen LogP contribution in [-0.4, -0.2) is 68.0 Å². The molecule has 0 aliphatic carbocycles. The zero-order valence-corrected chi connectivity index (χ0v) is 20.9. The molecule has 1 atom stereocenters. The van der Waals surface area contributed by atoms with Gasteiger partial charge < -0.3 is 25.8 Å². The number of nitrogens with zero attached hydrogens (tertiary/aromatic N) is 2. The van der Waals surface area contributed by atoms with Gasteiger partial charge in [-0.05, 0) is 24.6 Å². The highest BCUT2D eigenvalue weighted by molar-refractivity contribution is 6.36. The maximum atomic E-state index is 13.7. The second-order valence-electron chi connectivity index (χ2n) is 7.89. The second kappa shape index (κ2) is 13.4. The number of nitrogen functional groups attached to an aromatic ring is 1. The van der Waals surface area contributed by atoms with Crippen molar-refractivity contribution in [3.63, 3.8) is 0 Å². The molecule has 1 aliphatic rings. The normalized spacial score (nSPS) is 14.5. The van der Waals surface area contributed by atoms with E-state index in [2.05, 4.69) is 39.3 Å². The third-order valence-corrected chi connectivity index (χ3v) is 6.19. The van der Waals surface area contributed by atoms with E-state index >= 15 is 0 Å². The van der Waals surface area contributed by atoms with Crippen molar-refractivity contribution in [1.29, 1.82) is 0 Å². The molecule has 1 aromatic carbocycles. The Bertz CT molecular complexity index is 1090. The highest BCUT2D eigenvalue weighted by Crippen LogP contribution is 2.28. The van der Waals surface area contributed by atoms with Gasteiger partial charge in [0.05, 0.1) is 31.4 Å². The van der Waals surface area contributed by atoms with E-state index in [9.17, 15) is 9.18 Å². The van der Waals surface area contributed by atoms with Gasteiger partial charge in [-0.25, -0.2) is 14.2 Å². The standard InChI is InChI=1S/C24H28Cl2FN5O3/c1-16(32-8-11-34-12-9-32)14-31-24(33)29-7-2-3-17-13-21(23(28)30-15-17)35-10-6-18-19(25)4-5-20(27)22(18)26/h4-5,13,15-16H,6-12,14H2,1H3,(H2,28,30)(H2,29,31,33). The summed E-state index contributed by atoms with van der Waals surface area (Å²) in [7, 11) is 0. The summed E-state index contributed by atoms with van der Waals surface area (Å²) in [4.78, 5) is 18.4. The van der Waals surface area contributed by atoms with Gasteiger partial charge in [-0.3, -0.25) is 4.90 Å². The third kappa shape index (κ3) is 8.15. The van der Waals surface area contributed by atoms with Gasteiger partial charge in [-0.15, -0.1) is 0 Å². The molecule has 0 radical (unpaired) electrons. The van der Waals surface area contributed by atoms with Crippen LogP contribution in [0.25, 0.3) is 0 Å². The number of halogens is 3. The molecule has 1 fully saturated rings. The van der Waals surface area contributed by atoms with Crippen molar-refractivity contribution < 1.29 is 18.7 Å². The number of nitrogens with two attached hydrogens (primary N) is 1. The Morgan fingerprint density at radius 1 is 1.34 bits per heavy atom. The predicted octanol–water partition coefficient (Wildman–Crippen LogP) is 3.10. The summed E-state index contributed by atoms with van der Waals surface area (Å²) < 4.78 is 24.7. The molecule has 0 bridgehead atoms. The Labute approximate surface area is 214 Å². The topological polar surface area (TPSA) is 102 Å². The van der Waals surface area contributed by atoms with Crippen LogP contribution in [0.3, 0.4) is 0 Å². The van der Waals surface area contributed by atoms with Gasteiger partial charge in [-0.1, -0.05) is 35.0 Å². The first-order chi connectivity index (χ1) is 16.8. The van der Waals surface area contributed by atoms with E-state index in [0.717, 1.165) is 13.1 Å². The number of ether oxygens (including phenoxy) is 2. The lowest BCUT2D eigenvalue weighted by atomic mass is 10.1. The first-order valence-electron chi connectivity index (χ1n) is 11.2. The zero-order chi connectivity index (χ0) is 25.2. The average Bonchev–Trinajstić information content (AvgIpc) is 2.87. The SMILES string of the molecule is CC(CNC(=O)NCC#Cc1cnc(N)c(OCCc2c(Cl)ccc(F)c2Cl)c1)N1CCOCC1. The number of rotatable bonds is 8. The molecule has 0 saturated carbocycles. The molecule has 2 aromatic rings. The van der Waals surface area contributed by atoms with Crippen molar-refractivity contribution in [3.8, 4) is 17.6 Å². The Morgan fingerprint density at radius 2 is 2.11 bits per heavy atom. The average molecular weight is 524 g/mol. The van der Waals surface area contributed by atoms with Gasteiger partial charge in [0.2, 0.25) is 0 Å². The number of pyridine rings is 1. The van der Waals surface area contributed by atoms with Crippen LogP contribution >= 0.6 is 23.2 Å². The largest absolute Gasteiger partial charge is 0.489 e. The van der Waals surface area contributed by atoms with Crippen LogP contribution in [0.15, 0.2) is 24.4 Å². The van der Waals surface area contributed by atoms with Crippen LogP contribution in [0.1, 0.15) is 18.1 Å². The van der Waals surface area contributed by atoms with E-state index in [1.54, 1.807) is 6.07 Å². The van der Waals surface area contributed by atoms with Crippen LogP contribution < -0.4 is 21.1 Å². The summed E-state index contributed by atoms with van der Waals surface area (Å²) in [5.41, 5.74) is 6.91. The van der Waals surface area contributed by atoms with Crippen LogP contribution in [0.4, 0.5) is 15.0 Å². The fraction of sp³-hybridized carbons (Fsp3) is 0.417. The Hall–Kier alpha value is -2.77. The van der Waals surface area contributed by atoms with Gasteiger partial charge in [0.1, 0.15) is 5.82 Å². The molecule has 4 N–H and O–H groups in total. The molecule has 8 nitrogen and oxygen atoms in total. The molecule has 35 heavy (non-hydrogen) atoms. The number of aromatic nitrogens is 1. The summed E-state index contributed by atoms with van der Waals surface area (Å²) in [6, 6.07) is 4.25. The van der Waals surface area contributed by atoms with Gasteiger partial charge in [0.15, 0.2) is 11.6 Å². The number of anilines is 1. The van der Waals surface area contributed by atoms with Gasteiger partial charge in [-0.2, -0.15) is 0 Å². The van der Waals surface area contributed by atoms with Crippen molar-refractivity contribution in [2.24, 2.45) is 0 Å². The molecule has 1 aromatic heterocycles. The van der Waals surface area contributed by atoms with Crippen molar-refractivity contribution in [2.45, 2.75) is 19.4 Å². The van der Waals surface area contributed by atoms with Crippen molar-refractivity contribution >= 4 is 35.1 Å². The number of carbonyl (C=O) groups excluding carboxylic acids is 1. The molecule has 0 spiro atoms. The number of hydrogen-bond donors (Lipinski definition) is 3. The van der Waals surface area contributed by atoms with Crippen LogP contribution in [0.5, 0.6) is 5.75 Å². The zero-order valence-electron chi connectivity index (χ0n) is 19.4. The van der Waals surface area contributed by atoms with E-state index in [1.807, 2.05) is 0 Å². The van der Waals surface area contributed by atoms with Crippen molar-refractivity contribution in [3.05, 3.63) is 51.4 Å². The molecule has 1 unspecified atom stereocenters. The fourth-order valence-electron chi connectivity index (χ4n) is 3.42. The lowest BCUT2D eigenvalue weighted by molar-refractivity contribution is 0.0209. The maximum absolute atomic E-state index is 13.7. The summed E-state index contributed by atoms with van der Waals surface area (Å²) >= 11 is 12.1. The Kier molecular flexibility index (Phi) is 10.2. The lowest BCUT2D eigenvalue weighted by Gasteiger charge is -2.32. The summed E-state index contributed by atoms with van der Waals surface area (Å²) in [5, 5.41) is 5.89. The number of benzene rings is 1. The molecular formula is C24H28Cl2FN5O3. The van der Waals surface area contributed by atoms with Gasteiger partial charge >= 0.3 is 6.03 Å². The van der Waals surface area contributed by atoms with Crippen LogP contribution in [-0.2, 0) is 11.2 Å². The number of morpholine rings is 1. The number of hydrogen-bond acceptors (Lipinski definition) is 6. The quantitative estimate of drug-likeness (QED) is 0.363. The number of nitrogens with one attached hydrogen (secondary N) is 2. The maximum Gasteiger partial charge on any atom is 0.315 e. The van der Waals surface area contributed by atoms with E-state index in [4.69, 9.17) is 38.4 Å². The Balaban J connectivity index is 1.45. The molecule has 2 heterocycles. The molecule has 1 saturated heterocycles. The van der Waals surface area contributed by atoms with E-state index in [1.165, 1.54) is 18.3 Å². The molecule has 1 aliphatic heterocycles. The fourth-order valence-corrected chi connectivity index (χ4v) is 3.98. The van der Waals surface area contributed by atoms with E-state index in [-0.39, 0.29) is 42.5 Å². The van der Waals surface area contributed by atoms with E-state index < -0.39 is 5.82 Å². The molecule has 188 valence electrons. The number of amides is 2. The summed E-state index contributed by atoms with van der Waals surface area (Å²) in [5.74, 6) is 5.77. The predicted molar refractivity (Wildman–Crippen MR) is 134 cm³/mol. The van der Waals surface area contributed by atoms with E-state index in [0.29, 0.717) is 41.7 Å². The highest BCUT2D eigenvalue weighted by atomic mass is 35.5. The molecule has 2 amide bonds. The van der Waals surface area contributed by atoms with Gasteiger partial charge in [0, 0.05) is 54.9 Å². The first kappa shape index (κ1) is 26.8. The van der Waals surface area contributed by atoms with Gasteiger partial charge in [0.25, 0.3) is 0 Å². The molecule has 3 rings (SSSR count). The number of urea groups is 1. The first-order valence-corrected chi connectivity index (χ1v) is 11.9. The minimum Gasteiger partial charge on any atom is -0.489 e. The van der Waals surface area contributed by atoms with Crippen molar-refractivity contribution in [1.82, 2.24) is 20.5 Å². The number of carbonyl (C=O) groups is 1. The van der Waals surface area contributed by atoms with Crippen LogP contribution in [0, 0.1) is 17.7 Å². The minimum absolute atomic E-state index is 0.0288. The Morgan fingerprint density at radius 3 is 2.89 bits per heavy atom. The summed E-state index contributed by atoms with van der Waals surface area (Å²) in [6.07, 6.45) is 1.80. The molecular weight excluding hydrogens is 496 g/mol. The van der Waals surface area contributed by atoms with Crippen molar-refractivity contribution in [2.75, 3.05) is 51.7 Å². The lowest BCUT2D eigenvalue weighted by Crippen LogP contribution is -2.48. The monoisotopic (exact) mass is 523 g/mol. The molecule has 11 heteroatoms. The second-order valence-corrected chi connectivity index (χ2v) is 8.68. The minimum atomic E-state index is -0.543.